The summed E-state index contributed by atoms with van der Waals surface area (Å²) >= 11 is 0. The highest BCUT2D eigenvalue weighted by Crippen LogP contribution is 2.58. The fourth-order valence-corrected chi connectivity index (χ4v) is 18.1. The molecule has 10 N–H and O–H groups in total. The van der Waals surface area contributed by atoms with Crippen LogP contribution >= 0.6 is 0 Å². The maximum absolute atomic E-state index is 11.1. The molecule has 0 spiro atoms. The first kappa shape index (κ1) is 104. The van der Waals surface area contributed by atoms with Crippen LogP contribution in [0.4, 0.5) is 0 Å². The molecule has 0 bridgehead atoms. The van der Waals surface area contributed by atoms with Gasteiger partial charge in [0.1, 0.15) is 9.84 Å². The van der Waals surface area contributed by atoms with Crippen LogP contribution in [0.2, 0.25) is 0 Å². The van der Waals surface area contributed by atoms with E-state index in [0.29, 0.717) is 85.6 Å². The van der Waals surface area contributed by atoms with Gasteiger partial charge in [-0.05, 0) is 279 Å². The van der Waals surface area contributed by atoms with Crippen molar-refractivity contribution in [3.8, 4) is 0 Å². The van der Waals surface area contributed by atoms with Crippen LogP contribution in [0.25, 0.3) is 0 Å². The fraction of sp³-hybridized carbons (Fsp3) is 1.00. The number of aliphatic hydroxyl groups excluding tert-OH is 7. The van der Waals surface area contributed by atoms with Crippen molar-refractivity contribution in [3.63, 3.8) is 0 Å². The van der Waals surface area contributed by atoms with Crippen molar-refractivity contribution < 1.29 is 59.5 Å². The third kappa shape index (κ3) is 37.9. The highest BCUT2D eigenvalue weighted by molar-refractivity contribution is 7.91. The van der Waals surface area contributed by atoms with Crippen molar-refractivity contribution in [2.24, 2.45) is 112 Å². The minimum absolute atomic E-state index is 0.00854. The molecule has 11 aliphatic carbocycles. The summed E-state index contributed by atoms with van der Waals surface area (Å²) in [5.74, 6) is 4.47. The molecular formula is C93H186O12S. The molecule has 0 aromatic carbocycles. The zero-order chi connectivity index (χ0) is 83.5. The van der Waals surface area contributed by atoms with Gasteiger partial charge in [-0.15, -0.1) is 0 Å². The second-order valence-electron chi connectivity index (χ2n) is 49.0. The summed E-state index contributed by atoms with van der Waals surface area (Å²) < 4.78 is 22.2. The monoisotopic (exact) mass is 1530 g/mol. The Morgan fingerprint density at radius 3 is 0.764 bits per heavy atom. The zero-order valence-corrected chi connectivity index (χ0v) is 77.5. The average Bonchev–Trinajstić information content (AvgIpc) is 1.25. The Balaban J connectivity index is 0.000000584. The van der Waals surface area contributed by atoms with Gasteiger partial charge >= 0.3 is 0 Å². The molecule has 0 aromatic heterocycles. The van der Waals surface area contributed by atoms with E-state index in [1.54, 1.807) is 0 Å². The normalized spacial score (nSPS) is 31.5. The summed E-state index contributed by atoms with van der Waals surface area (Å²) in [7, 11) is -2.76. The lowest BCUT2D eigenvalue weighted by atomic mass is 9.55. The van der Waals surface area contributed by atoms with Gasteiger partial charge in [0.2, 0.25) is 0 Å². The number of rotatable bonds is 5. The van der Waals surface area contributed by atoms with E-state index in [4.69, 9.17) is 15.3 Å². The predicted octanol–water partition coefficient (Wildman–Crippen LogP) is 21.7. The van der Waals surface area contributed by atoms with Gasteiger partial charge in [-0.2, -0.15) is 0 Å². The first-order valence-electron chi connectivity index (χ1n) is 42.9. The Labute approximate surface area is 658 Å². The van der Waals surface area contributed by atoms with Crippen molar-refractivity contribution >= 4 is 9.84 Å². The lowest BCUT2D eigenvalue weighted by molar-refractivity contribution is -0.0918. The number of hydrogen-bond acceptors (Lipinski definition) is 12. The van der Waals surface area contributed by atoms with E-state index in [1.807, 2.05) is 6.92 Å². The summed E-state index contributed by atoms with van der Waals surface area (Å²) in [6.07, 6.45) is 30.3. The van der Waals surface area contributed by atoms with Crippen molar-refractivity contribution in [1.82, 2.24) is 0 Å². The fourth-order valence-electron chi connectivity index (χ4n) is 16.9. The molecule has 0 saturated heterocycles. The first-order chi connectivity index (χ1) is 46.9. The Bertz CT molecular complexity index is 2550. The summed E-state index contributed by atoms with van der Waals surface area (Å²) in [4.78, 5) is 0. The van der Waals surface area contributed by atoms with Gasteiger partial charge in [-0.25, -0.2) is 8.42 Å². The number of aliphatic hydroxyl groups is 10. The van der Waals surface area contributed by atoms with Gasteiger partial charge in [0, 0.05) is 19.5 Å². The van der Waals surface area contributed by atoms with E-state index in [0.717, 1.165) is 127 Å². The summed E-state index contributed by atoms with van der Waals surface area (Å²) in [5, 5.41) is 92.7. The van der Waals surface area contributed by atoms with Crippen LogP contribution in [-0.2, 0) is 9.84 Å². The Morgan fingerprint density at radius 1 is 0.330 bits per heavy atom. The van der Waals surface area contributed by atoms with Gasteiger partial charge in [-0.1, -0.05) is 241 Å². The Morgan fingerprint density at radius 2 is 0.660 bits per heavy atom. The number of sulfone groups is 1. The van der Waals surface area contributed by atoms with E-state index in [1.165, 1.54) is 70.5 Å². The van der Waals surface area contributed by atoms with Crippen LogP contribution in [0.1, 0.15) is 409 Å². The molecule has 11 fully saturated rings. The maximum Gasteiger partial charge on any atom is 0.150 e. The highest BCUT2D eigenvalue weighted by Gasteiger charge is 2.52. The Kier molecular flexibility index (Phi) is 38.1. The molecule has 11 aliphatic rings. The minimum atomic E-state index is -2.76. The van der Waals surface area contributed by atoms with E-state index in [2.05, 4.69) is 228 Å². The smallest absolute Gasteiger partial charge is 0.150 e. The lowest BCUT2D eigenvalue weighted by Gasteiger charge is -2.50. The molecule has 0 heterocycles. The van der Waals surface area contributed by atoms with Crippen LogP contribution in [0, 0.1) is 112 Å². The van der Waals surface area contributed by atoms with Crippen LogP contribution in [0.15, 0.2) is 0 Å². The predicted molar refractivity (Wildman–Crippen MR) is 451 cm³/mol. The summed E-state index contributed by atoms with van der Waals surface area (Å²) in [5.41, 5.74) is 3.25. The third-order valence-electron chi connectivity index (χ3n) is 27.1. The van der Waals surface area contributed by atoms with E-state index < -0.39 is 9.84 Å². The third-order valence-corrected chi connectivity index (χ3v) is 28.7. The molecular weight excluding hydrogens is 1340 g/mol. The molecule has 0 aromatic rings. The zero-order valence-electron chi connectivity index (χ0n) is 76.7. The summed E-state index contributed by atoms with van der Waals surface area (Å²) in [6.45, 7) is 75.5. The van der Waals surface area contributed by atoms with Gasteiger partial charge < -0.3 is 51.1 Å². The van der Waals surface area contributed by atoms with Crippen LogP contribution in [-0.4, -0.2) is 132 Å². The number of hydrogen-bond donors (Lipinski definition) is 10. The van der Waals surface area contributed by atoms with Crippen LogP contribution in [0.5, 0.6) is 0 Å². The molecule has 11 saturated carbocycles. The molecule has 106 heavy (non-hydrogen) atoms. The SMILES string of the molecule is CC(C)(C)C1(CO)CC1.CC(C)(C)C1(CO)CCC1.CC(C)(C)C1CC(O)C1.CC(C)(C)C1CC(S(C)(=O)=O)C1.CC(C)(C)C1CC1O.CC(C)(C)C1CCC(O)C1.CC(C)(C)C1CCC1O.CC(C)(C)C1CCCC1O.CC(C)(C)CC1(O)CC1.CC(C)(C)CC1(O)CCC1.CC1(O)CC(C(C)(C)C)C1. The quantitative estimate of drug-likeness (QED) is 0.124. The molecule has 8 atom stereocenters. The van der Waals surface area contributed by atoms with E-state index in [9.17, 15) is 44.2 Å². The van der Waals surface area contributed by atoms with Gasteiger partial charge in [0.15, 0.2) is 0 Å². The van der Waals surface area contributed by atoms with E-state index in [-0.39, 0.29) is 74.2 Å². The van der Waals surface area contributed by atoms with Crippen molar-refractivity contribution in [2.75, 3.05) is 19.5 Å². The molecule has 8 unspecified atom stereocenters. The minimum Gasteiger partial charge on any atom is -0.396 e. The van der Waals surface area contributed by atoms with Gasteiger partial charge in [0.05, 0.1) is 52.6 Å². The first-order valence-corrected chi connectivity index (χ1v) is 44.9. The van der Waals surface area contributed by atoms with Crippen LogP contribution in [0.3, 0.4) is 0 Å². The van der Waals surface area contributed by atoms with Crippen molar-refractivity contribution in [2.45, 2.75) is 461 Å². The molecule has 13 heteroatoms. The van der Waals surface area contributed by atoms with Gasteiger partial charge in [0.25, 0.3) is 0 Å². The maximum atomic E-state index is 11.1. The van der Waals surface area contributed by atoms with Gasteiger partial charge in [-0.3, -0.25) is 0 Å². The molecule has 0 radical (unpaired) electrons. The average molecular weight is 1530 g/mol. The van der Waals surface area contributed by atoms with Crippen molar-refractivity contribution in [1.29, 1.82) is 0 Å². The summed E-state index contributed by atoms with van der Waals surface area (Å²) in [6, 6.07) is 0. The van der Waals surface area contributed by atoms with Crippen LogP contribution < -0.4 is 0 Å². The molecule has 0 aliphatic heterocycles. The second-order valence-corrected chi connectivity index (χ2v) is 51.4. The topological polar surface area (TPSA) is 236 Å². The largest absolute Gasteiger partial charge is 0.396 e. The second kappa shape index (κ2) is 39.0. The van der Waals surface area contributed by atoms with E-state index >= 15 is 0 Å². The highest BCUT2D eigenvalue weighted by atomic mass is 32.2. The molecule has 11 rings (SSSR count). The molecule has 636 valence electrons. The van der Waals surface area contributed by atoms with Crippen molar-refractivity contribution in [3.05, 3.63) is 0 Å². The standard InChI is InChI=1S/C9H18O2S.5C9H18O.4C8H16O.C7H14O/c1-9(2,3)7-5-8(6-7)12(4,10)11;1-8(2,3)7-5-9(4,10)6-7;1-9(2,3)7-4-5-8(10)6-7;1-8(2,3)9(7-10)5-4-6-9;1-8(2,3)7-9(10)5-4-6-9;1-9(2,3)7-5-4-6-8(7)10;1-8(2,3)6-4-7(9)5-6;1-7(2,3)8(6-9)4-5-8;1-7(2,3)6-8(9)4-5-8;1-8(2,3)6-4-5-7(6)9;1-7(2,3)5-4-6(5)8/h7-8H,5-6H2,1-4H3;7,10H,5-6H2,1-4H3;7-8,10H,4-6H2,1-3H3;2*10H,4-7H2,1-3H3;7-8,10H,4-6H2,1-3H3;6-7,9H,4-5H2,1-3H3;2*9H,4-6H2,1-3H3;6-7,9H,4-5H2,1-3H3;5-6,8H,4H2,1-3H3. The molecule has 0 amide bonds. The molecule has 12 nitrogen and oxygen atoms in total. The lowest BCUT2D eigenvalue weighted by Crippen LogP contribution is -2.46. The Hall–Kier alpha value is -0.450.